The molecule has 0 spiro atoms. The second-order valence-corrected chi connectivity index (χ2v) is 12.4. The second-order valence-electron chi connectivity index (χ2n) is 5.95. The van der Waals surface area contributed by atoms with E-state index in [0.717, 1.165) is 8.58 Å². The predicted octanol–water partition coefficient (Wildman–Crippen LogP) is 5.31. The van der Waals surface area contributed by atoms with Crippen LogP contribution in [0.1, 0.15) is 58.8 Å². The highest BCUT2D eigenvalue weighted by molar-refractivity contribution is 14.1. The van der Waals surface area contributed by atoms with E-state index in [9.17, 15) is 0 Å². The molecule has 4 atom stereocenters. The lowest BCUT2D eigenvalue weighted by atomic mass is 9.87. The fraction of sp³-hybridized carbons (Fsp3) is 1.00. The van der Waals surface area contributed by atoms with Crippen LogP contribution in [-0.2, 0) is 0 Å². The summed E-state index contributed by atoms with van der Waals surface area (Å²) in [7, 11) is 1.12. The first-order valence-electron chi connectivity index (χ1n) is 6.00. The maximum atomic E-state index is 6.63. The number of halogens is 2. The molecule has 3 heteroatoms. The Kier molecular flexibility index (Phi) is 3.68. The summed E-state index contributed by atoms with van der Waals surface area (Å²) in [5.74, 6) is 0. The molecule has 2 aliphatic rings. The van der Waals surface area contributed by atoms with Gasteiger partial charge in [0, 0.05) is 8.04 Å². The molecule has 4 unspecified atom stereocenters. The highest BCUT2D eigenvalue weighted by Gasteiger charge is 2.45. The van der Waals surface area contributed by atoms with Gasteiger partial charge in [0.2, 0.25) is 0 Å². The number of rotatable bonds is 0. The molecule has 0 nitrogen and oxygen atoms in total. The van der Waals surface area contributed by atoms with Gasteiger partial charge in [-0.1, -0.05) is 50.9 Å². The van der Waals surface area contributed by atoms with Crippen molar-refractivity contribution >= 4 is 42.8 Å². The molecular formula is C12H21ClIP. The maximum absolute atomic E-state index is 6.63. The van der Waals surface area contributed by atoms with Gasteiger partial charge in [-0.2, -0.15) is 0 Å². The van der Waals surface area contributed by atoms with Gasteiger partial charge >= 0.3 is 0 Å². The van der Waals surface area contributed by atoms with E-state index in [1.807, 2.05) is 0 Å². The zero-order valence-electron chi connectivity index (χ0n) is 9.71. The van der Waals surface area contributed by atoms with Crippen LogP contribution in [0.2, 0.25) is 0 Å². The van der Waals surface area contributed by atoms with Crippen LogP contribution in [0.25, 0.3) is 0 Å². The fourth-order valence-corrected chi connectivity index (χ4v) is 9.61. The van der Waals surface area contributed by atoms with E-state index in [4.69, 9.17) is 11.6 Å². The molecule has 2 rings (SSSR count). The van der Waals surface area contributed by atoms with Gasteiger partial charge in [0.25, 0.3) is 0 Å². The van der Waals surface area contributed by atoms with Crippen molar-refractivity contribution < 1.29 is 0 Å². The number of hydrogen-bond acceptors (Lipinski definition) is 0. The van der Waals surface area contributed by atoms with Crippen LogP contribution in [0.5, 0.6) is 0 Å². The van der Waals surface area contributed by atoms with Crippen LogP contribution >= 0.6 is 42.8 Å². The minimum absolute atomic E-state index is 0.0624. The van der Waals surface area contributed by atoms with E-state index in [0.29, 0.717) is 8.32 Å². The fourth-order valence-electron chi connectivity index (χ4n) is 3.26. The molecule has 0 aromatic rings. The molecule has 15 heavy (non-hydrogen) atoms. The first-order chi connectivity index (χ1) is 6.83. The first kappa shape index (κ1) is 12.9. The second kappa shape index (κ2) is 4.28. The molecule has 88 valence electrons. The molecule has 2 bridgehead atoms. The third-order valence-electron chi connectivity index (χ3n) is 3.90. The Balaban J connectivity index is 2.19. The largest absolute Gasteiger partial charge is 0.120 e. The van der Waals surface area contributed by atoms with Crippen molar-refractivity contribution in [3.05, 3.63) is 0 Å². The zero-order chi connectivity index (χ0) is 11.2. The normalized spacial score (nSPS) is 53.6. The van der Waals surface area contributed by atoms with Crippen molar-refractivity contribution in [1.82, 2.24) is 0 Å². The Labute approximate surface area is 114 Å². The molecule has 0 N–H and O–H groups in total. The Morgan fingerprint density at radius 1 is 1.07 bits per heavy atom. The smallest absolute Gasteiger partial charge is 0.0434 e. The minimum atomic E-state index is 0.0624. The molecule has 2 saturated heterocycles. The lowest BCUT2D eigenvalue weighted by Gasteiger charge is -2.48. The van der Waals surface area contributed by atoms with E-state index in [1.54, 1.807) is 0 Å². The topological polar surface area (TPSA) is 0 Å². The summed E-state index contributed by atoms with van der Waals surface area (Å²) in [6, 6.07) is 0. The molecule has 0 aromatic carbocycles. The van der Waals surface area contributed by atoms with Crippen LogP contribution in [0.4, 0.5) is 0 Å². The summed E-state index contributed by atoms with van der Waals surface area (Å²) in [4.78, 5) is 0.0624. The van der Waals surface area contributed by atoms with Crippen molar-refractivity contribution in [2.45, 2.75) is 72.0 Å². The molecule has 0 aliphatic carbocycles. The third kappa shape index (κ3) is 3.22. The van der Waals surface area contributed by atoms with E-state index >= 15 is 0 Å². The molecule has 2 fully saturated rings. The van der Waals surface area contributed by atoms with Gasteiger partial charge in [0.15, 0.2) is 0 Å². The average Bonchev–Trinajstić information content (AvgIpc) is 1.97. The average molecular weight is 359 g/mol. The SMILES string of the molecule is CC1(Cl)CCCC2(C)CCCC(I)(C1)P2. The molecular weight excluding hydrogens is 337 g/mol. The van der Waals surface area contributed by atoms with Crippen molar-refractivity contribution in [3.8, 4) is 0 Å². The van der Waals surface area contributed by atoms with Gasteiger partial charge in [-0.3, -0.25) is 0 Å². The zero-order valence-corrected chi connectivity index (χ0v) is 13.6. The van der Waals surface area contributed by atoms with Crippen molar-refractivity contribution in [3.63, 3.8) is 0 Å². The number of hydrogen-bond donors (Lipinski definition) is 0. The number of alkyl halides is 2. The summed E-state index contributed by atoms with van der Waals surface area (Å²) in [5, 5.41) is 0.646. The Morgan fingerprint density at radius 2 is 1.67 bits per heavy atom. The summed E-state index contributed by atoms with van der Waals surface area (Å²) in [6.45, 7) is 4.76. The minimum Gasteiger partial charge on any atom is -0.120 e. The highest BCUT2D eigenvalue weighted by Crippen LogP contribution is 2.63. The quantitative estimate of drug-likeness (QED) is 0.313. The molecule has 0 saturated carbocycles. The summed E-state index contributed by atoms with van der Waals surface area (Å²) in [5.41, 5.74) is 0. The lowest BCUT2D eigenvalue weighted by Crippen LogP contribution is -2.39. The van der Waals surface area contributed by atoms with Crippen LogP contribution in [-0.4, -0.2) is 13.2 Å². The van der Waals surface area contributed by atoms with E-state index < -0.39 is 0 Å². The van der Waals surface area contributed by atoms with Gasteiger partial charge in [-0.15, -0.1) is 11.6 Å². The molecule has 0 radical (unpaired) electrons. The highest BCUT2D eigenvalue weighted by atomic mass is 127. The van der Waals surface area contributed by atoms with Gasteiger partial charge < -0.3 is 0 Å². The van der Waals surface area contributed by atoms with Crippen LogP contribution in [0.3, 0.4) is 0 Å². The van der Waals surface area contributed by atoms with Gasteiger partial charge in [0.1, 0.15) is 0 Å². The van der Waals surface area contributed by atoms with Crippen molar-refractivity contribution in [1.29, 1.82) is 0 Å². The van der Waals surface area contributed by atoms with E-state index in [1.165, 1.54) is 44.9 Å². The first-order valence-corrected chi connectivity index (χ1v) is 8.46. The summed E-state index contributed by atoms with van der Waals surface area (Å²) < 4.78 is 0.516. The Hall–Kier alpha value is 1.45. The summed E-state index contributed by atoms with van der Waals surface area (Å²) in [6.07, 6.45) is 9.42. The monoisotopic (exact) mass is 358 g/mol. The van der Waals surface area contributed by atoms with Crippen LogP contribution < -0.4 is 0 Å². The summed E-state index contributed by atoms with van der Waals surface area (Å²) >= 11 is 9.35. The molecule has 0 aromatic heterocycles. The lowest BCUT2D eigenvalue weighted by molar-refractivity contribution is 0.373. The molecule has 0 amide bonds. The van der Waals surface area contributed by atoms with E-state index in [2.05, 4.69) is 36.4 Å². The molecule has 2 aliphatic heterocycles. The van der Waals surface area contributed by atoms with Gasteiger partial charge in [0.05, 0.1) is 0 Å². The maximum Gasteiger partial charge on any atom is 0.0434 e. The molecule has 2 heterocycles. The van der Waals surface area contributed by atoms with Crippen LogP contribution in [0.15, 0.2) is 0 Å². The Bertz CT molecular complexity index is 252. The van der Waals surface area contributed by atoms with E-state index in [-0.39, 0.29) is 4.87 Å². The predicted molar refractivity (Wildman–Crippen MR) is 80.0 cm³/mol. The van der Waals surface area contributed by atoms with Crippen molar-refractivity contribution in [2.75, 3.05) is 0 Å². The Morgan fingerprint density at radius 3 is 2.33 bits per heavy atom. The standard InChI is InChI=1S/C12H21ClIP/c1-10(13)5-3-6-11(2)7-4-8-12(14,9-10)15-11/h15H,3-9H2,1-2H3. The third-order valence-corrected chi connectivity index (χ3v) is 7.93. The van der Waals surface area contributed by atoms with Crippen molar-refractivity contribution in [2.24, 2.45) is 0 Å². The van der Waals surface area contributed by atoms with Gasteiger partial charge in [-0.05, 0) is 44.2 Å². The number of fused-ring (bicyclic) bond motifs is 2. The van der Waals surface area contributed by atoms with Gasteiger partial charge in [-0.25, -0.2) is 0 Å². The van der Waals surface area contributed by atoms with Crippen LogP contribution in [0, 0.1) is 0 Å².